The van der Waals surface area contributed by atoms with Crippen molar-refractivity contribution in [2.75, 3.05) is 0 Å². The van der Waals surface area contributed by atoms with E-state index in [1.54, 1.807) is 6.07 Å². The molecule has 0 spiro atoms. The molecule has 0 bridgehead atoms. The third-order valence-corrected chi connectivity index (χ3v) is 3.18. The Morgan fingerprint density at radius 3 is 2.78 bits per heavy atom. The first-order chi connectivity index (χ1) is 11.2. The first-order valence-corrected chi connectivity index (χ1v) is 7.03. The summed E-state index contributed by atoms with van der Waals surface area (Å²) in [5.74, 6) is 0.337. The van der Waals surface area contributed by atoms with Crippen LogP contribution in [0.25, 0.3) is 0 Å². The Kier molecular flexibility index (Phi) is 4.28. The molecule has 2 aromatic heterocycles. The Labute approximate surface area is 131 Å². The number of hydrogen-bond acceptors (Lipinski definition) is 5. The molecule has 7 nitrogen and oxygen atoms in total. The summed E-state index contributed by atoms with van der Waals surface area (Å²) in [4.78, 5) is 30.1. The SMILES string of the molecule is O=C(NCc1nc(Cc2ccccc2)no1)c1ccc[nH]c1=O. The zero-order chi connectivity index (χ0) is 16.1. The first-order valence-electron chi connectivity index (χ1n) is 7.03. The molecule has 3 aromatic rings. The normalized spacial score (nSPS) is 10.4. The highest BCUT2D eigenvalue weighted by atomic mass is 16.5. The van der Waals surface area contributed by atoms with Crippen LogP contribution in [-0.2, 0) is 13.0 Å². The molecule has 7 heteroatoms. The maximum Gasteiger partial charge on any atom is 0.260 e. The number of H-pyrrole nitrogens is 1. The molecule has 2 heterocycles. The molecule has 0 radical (unpaired) electrons. The van der Waals surface area contributed by atoms with E-state index < -0.39 is 11.5 Å². The molecule has 0 aliphatic rings. The molecule has 0 aliphatic heterocycles. The summed E-state index contributed by atoms with van der Waals surface area (Å²) < 4.78 is 5.09. The van der Waals surface area contributed by atoms with Gasteiger partial charge in [0.25, 0.3) is 11.5 Å². The Bertz CT molecular complexity index is 855. The van der Waals surface area contributed by atoms with Crippen molar-refractivity contribution in [3.8, 4) is 0 Å². The highest BCUT2D eigenvalue weighted by Crippen LogP contribution is 2.06. The summed E-state index contributed by atoms with van der Waals surface area (Å²) in [5, 5.41) is 6.45. The average Bonchev–Trinajstić information content (AvgIpc) is 3.01. The standard InChI is InChI=1S/C16H14N4O3/c21-15-12(7-4-8-17-15)16(22)18-10-14-19-13(20-23-14)9-11-5-2-1-3-6-11/h1-8H,9-10H2,(H,17,21)(H,18,22). The summed E-state index contributed by atoms with van der Waals surface area (Å²) in [5.41, 5.74) is 0.663. The summed E-state index contributed by atoms with van der Waals surface area (Å²) in [6.45, 7) is 0.0644. The number of rotatable bonds is 5. The molecule has 0 atom stereocenters. The predicted octanol–water partition coefficient (Wildman–Crippen LogP) is 1.28. The smallest absolute Gasteiger partial charge is 0.260 e. The third-order valence-electron chi connectivity index (χ3n) is 3.18. The van der Waals surface area contributed by atoms with Gasteiger partial charge in [-0.3, -0.25) is 9.59 Å². The van der Waals surface area contributed by atoms with E-state index in [1.165, 1.54) is 12.3 Å². The number of hydrogen-bond donors (Lipinski definition) is 2. The summed E-state index contributed by atoms with van der Waals surface area (Å²) in [6.07, 6.45) is 2.02. The van der Waals surface area contributed by atoms with Crippen LogP contribution in [0.1, 0.15) is 27.6 Å². The largest absolute Gasteiger partial charge is 0.343 e. The van der Waals surface area contributed by atoms with E-state index in [-0.39, 0.29) is 18.0 Å². The van der Waals surface area contributed by atoms with E-state index in [4.69, 9.17) is 4.52 Å². The number of aromatic amines is 1. The van der Waals surface area contributed by atoms with E-state index in [9.17, 15) is 9.59 Å². The fourth-order valence-electron chi connectivity index (χ4n) is 2.06. The first kappa shape index (κ1) is 14.7. The molecule has 23 heavy (non-hydrogen) atoms. The Hall–Kier alpha value is -3.22. The molecule has 0 fully saturated rings. The lowest BCUT2D eigenvalue weighted by Gasteiger charge is -2.00. The van der Waals surface area contributed by atoms with Gasteiger partial charge in [-0.2, -0.15) is 4.98 Å². The minimum atomic E-state index is -0.491. The number of pyridine rings is 1. The van der Waals surface area contributed by atoms with E-state index in [2.05, 4.69) is 20.4 Å². The number of nitrogens with zero attached hydrogens (tertiary/aromatic N) is 2. The van der Waals surface area contributed by atoms with Crippen molar-refractivity contribution >= 4 is 5.91 Å². The van der Waals surface area contributed by atoms with Gasteiger partial charge in [0.2, 0.25) is 5.89 Å². The molecule has 0 saturated carbocycles. The van der Waals surface area contributed by atoms with Crippen molar-refractivity contribution in [3.05, 3.63) is 81.9 Å². The number of carbonyl (C=O) groups excluding carboxylic acids is 1. The van der Waals surface area contributed by atoms with Gasteiger partial charge in [-0.1, -0.05) is 35.5 Å². The number of aromatic nitrogens is 3. The van der Waals surface area contributed by atoms with Gasteiger partial charge >= 0.3 is 0 Å². The van der Waals surface area contributed by atoms with Gasteiger partial charge in [0.15, 0.2) is 5.82 Å². The molecule has 0 saturated heterocycles. The second-order valence-electron chi connectivity index (χ2n) is 4.86. The lowest BCUT2D eigenvalue weighted by molar-refractivity contribution is 0.0944. The molecule has 0 unspecified atom stereocenters. The maximum absolute atomic E-state index is 11.9. The second kappa shape index (κ2) is 6.69. The molecular formula is C16H14N4O3. The Morgan fingerprint density at radius 2 is 2.00 bits per heavy atom. The minimum absolute atomic E-state index is 0.0384. The molecule has 116 valence electrons. The van der Waals surface area contributed by atoms with Gasteiger partial charge in [-0.05, 0) is 17.7 Å². The lowest BCUT2D eigenvalue weighted by Crippen LogP contribution is -2.28. The van der Waals surface area contributed by atoms with Crippen molar-refractivity contribution in [1.29, 1.82) is 0 Å². The van der Waals surface area contributed by atoms with E-state index in [1.807, 2.05) is 30.3 Å². The topological polar surface area (TPSA) is 101 Å². The summed E-state index contributed by atoms with van der Waals surface area (Å²) >= 11 is 0. The van der Waals surface area contributed by atoms with Crippen molar-refractivity contribution in [3.63, 3.8) is 0 Å². The fourth-order valence-corrected chi connectivity index (χ4v) is 2.06. The monoisotopic (exact) mass is 310 g/mol. The van der Waals surface area contributed by atoms with E-state index in [0.717, 1.165) is 5.56 Å². The van der Waals surface area contributed by atoms with Crippen LogP contribution in [0.4, 0.5) is 0 Å². The molecular weight excluding hydrogens is 296 g/mol. The van der Waals surface area contributed by atoms with Gasteiger partial charge in [0.1, 0.15) is 5.56 Å². The van der Waals surface area contributed by atoms with Crippen molar-refractivity contribution in [2.24, 2.45) is 0 Å². The van der Waals surface area contributed by atoms with Crippen LogP contribution in [0.2, 0.25) is 0 Å². The van der Waals surface area contributed by atoms with Gasteiger partial charge in [0, 0.05) is 12.6 Å². The zero-order valence-corrected chi connectivity index (χ0v) is 12.2. The van der Waals surface area contributed by atoms with Crippen LogP contribution in [0.3, 0.4) is 0 Å². The van der Waals surface area contributed by atoms with Crippen molar-refractivity contribution < 1.29 is 9.32 Å². The Morgan fingerprint density at radius 1 is 1.17 bits per heavy atom. The maximum atomic E-state index is 11.9. The Balaban J connectivity index is 1.60. The van der Waals surface area contributed by atoms with Crippen LogP contribution >= 0.6 is 0 Å². The number of nitrogens with one attached hydrogen (secondary N) is 2. The predicted molar refractivity (Wildman–Crippen MR) is 81.8 cm³/mol. The fraction of sp³-hybridized carbons (Fsp3) is 0.125. The van der Waals surface area contributed by atoms with Crippen LogP contribution < -0.4 is 10.9 Å². The van der Waals surface area contributed by atoms with Crippen molar-refractivity contribution in [2.45, 2.75) is 13.0 Å². The van der Waals surface area contributed by atoms with Gasteiger partial charge in [-0.15, -0.1) is 0 Å². The second-order valence-corrected chi connectivity index (χ2v) is 4.86. The van der Waals surface area contributed by atoms with Gasteiger partial charge in [0.05, 0.1) is 6.54 Å². The highest BCUT2D eigenvalue weighted by molar-refractivity contribution is 5.93. The average molecular weight is 310 g/mol. The van der Waals surface area contributed by atoms with E-state index >= 15 is 0 Å². The molecule has 3 rings (SSSR count). The number of amides is 1. The van der Waals surface area contributed by atoms with Crippen molar-refractivity contribution in [1.82, 2.24) is 20.4 Å². The zero-order valence-electron chi connectivity index (χ0n) is 12.2. The van der Waals surface area contributed by atoms with Crippen LogP contribution in [-0.4, -0.2) is 21.0 Å². The van der Waals surface area contributed by atoms with Gasteiger partial charge < -0.3 is 14.8 Å². The summed E-state index contributed by atoms with van der Waals surface area (Å²) in [6, 6.07) is 12.8. The molecule has 1 amide bonds. The highest BCUT2D eigenvalue weighted by Gasteiger charge is 2.12. The lowest BCUT2D eigenvalue weighted by atomic mass is 10.1. The minimum Gasteiger partial charge on any atom is -0.343 e. The third kappa shape index (κ3) is 3.70. The summed E-state index contributed by atoms with van der Waals surface area (Å²) in [7, 11) is 0. The molecule has 1 aromatic carbocycles. The van der Waals surface area contributed by atoms with Crippen LogP contribution in [0.15, 0.2) is 58.0 Å². The van der Waals surface area contributed by atoms with Crippen LogP contribution in [0.5, 0.6) is 0 Å². The van der Waals surface area contributed by atoms with E-state index in [0.29, 0.717) is 12.2 Å². The molecule has 2 N–H and O–H groups in total. The number of benzene rings is 1. The van der Waals surface area contributed by atoms with Crippen LogP contribution in [0, 0.1) is 0 Å². The quantitative estimate of drug-likeness (QED) is 0.739. The number of carbonyl (C=O) groups is 1. The molecule has 0 aliphatic carbocycles. The van der Waals surface area contributed by atoms with Gasteiger partial charge in [-0.25, -0.2) is 0 Å².